The number of H-pyrrole nitrogens is 1. The summed E-state index contributed by atoms with van der Waals surface area (Å²) in [5, 5.41) is 17.0. The lowest BCUT2D eigenvalue weighted by Crippen LogP contribution is -1.99. The molecule has 0 aliphatic carbocycles. The summed E-state index contributed by atoms with van der Waals surface area (Å²) in [6, 6.07) is 9.21. The standard InChI is InChI=1S/C13H9ClN6/c14-8-4-2-1-3-6(8)9-7(5-15)11(16)18-13-10(9)12(17)19-20-13/h1-4H,(H5,16,17,18,19,20). The maximum absolute atomic E-state index is 9.35. The lowest BCUT2D eigenvalue weighted by atomic mass is 9.98. The molecule has 2 heterocycles. The first-order valence-electron chi connectivity index (χ1n) is 5.71. The number of hydrogen-bond acceptors (Lipinski definition) is 5. The molecule has 6 nitrogen and oxygen atoms in total. The number of nitrogen functional groups attached to an aromatic ring is 2. The molecule has 0 unspecified atom stereocenters. The van der Waals surface area contributed by atoms with Crippen LogP contribution in [0.1, 0.15) is 5.56 Å². The molecular weight excluding hydrogens is 276 g/mol. The first-order chi connectivity index (χ1) is 9.63. The summed E-state index contributed by atoms with van der Waals surface area (Å²) in [5.41, 5.74) is 13.5. The summed E-state index contributed by atoms with van der Waals surface area (Å²) < 4.78 is 0. The molecule has 5 N–H and O–H groups in total. The molecular formula is C13H9ClN6. The van der Waals surface area contributed by atoms with Crippen LogP contribution in [0.4, 0.5) is 11.6 Å². The fraction of sp³-hybridized carbons (Fsp3) is 0. The highest BCUT2D eigenvalue weighted by atomic mass is 35.5. The molecule has 3 rings (SSSR count). The normalized spacial score (nSPS) is 10.6. The van der Waals surface area contributed by atoms with E-state index >= 15 is 0 Å². The first kappa shape index (κ1) is 12.3. The van der Waals surface area contributed by atoms with E-state index in [0.29, 0.717) is 33.0 Å². The van der Waals surface area contributed by atoms with E-state index in [2.05, 4.69) is 21.3 Å². The fourth-order valence-corrected chi connectivity index (χ4v) is 2.37. The third-order valence-electron chi connectivity index (χ3n) is 3.01. The summed E-state index contributed by atoms with van der Waals surface area (Å²) in [4.78, 5) is 4.07. The van der Waals surface area contributed by atoms with Gasteiger partial charge in [0.15, 0.2) is 5.65 Å². The molecule has 0 radical (unpaired) electrons. The maximum atomic E-state index is 9.35. The number of benzene rings is 1. The molecule has 98 valence electrons. The van der Waals surface area contributed by atoms with Crippen LogP contribution in [0.3, 0.4) is 0 Å². The molecule has 3 aromatic rings. The van der Waals surface area contributed by atoms with Crippen LogP contribution in [0.2, 0.25) is 5.02 Å². The van der Waals surface area contributed by atoms with Crippen molar-refractivity contribution in [2.24, 2.45) is 0 Å². The Morgan fingerprint density at radius 1 is 1.25 bits per heavy atom. The van der Waals surface area contributed by atoms with Crippen molar-refractivity contribution < 1.29 is 0 Å². The highest BCUT2D eigenvalue weighted by molar-refractivity contribution is 6.34. The number of nitriles is 1. The van der Waals surface area contributed by atoms with Gasteiger partial charge in [0.1, 0.15) is 23.3 Å². The van der Waals surface area contributed by atoms with Gasteiger partial charge >= 0.3 is 0 Å². The van der Waals surface area contributed by atoms with Gasteiger partial charge in [0.25, 0.3) is 0 Å². The molecule has 20 heavy (non-hydrogen) atoms. The molecule has 0 saturated heterocycles. The Morgan fingerprint density at radius 2 is 2.00 bits per heavy atom. The number of fused-ring (bicyclic) bond motifs is 1. The van der Waals surface area contributed by atoms with Gasteiger partial charge in [-0.2, -0.15) is 10.4 Å². The predicted molar refractivity (Wildman–Crippen MR) is 77.9 cm³/mol. The van der Waals surface area contributed by atoms with E-state index < -0.39 is 0 Å². The van der Waals surface area contributed by atoms with Crippen LogP contribution in [0.25, 0.3) is 22.2 Å². The van der Waals surface area contributed by atoms with Crippen LogP contribution in [0.5, 0.6) is 0 Å². The molecule has 0 fully saturated rings. The number of hydrogen-bond donors (Lipinski definition) is 3. The van der Waals surface area contributed by atoms with Gasteiger partial charge in [0.05, 0.1) is 5.39 Å². The second-order valence-electron chi connectivity index (χ2n) is 4.17. The van der Waals surface area contributed by atoms with Gasteiger partial charge in [-0.15, -0.1) is 0 Å². The van der Waals surface area contributed by atoms with Gasteiger partial charge < -0.3 is 11.5 Å². The van der Waals surface area contributed by atoms with Crippen molar-refractivity contribution in [2.75, 3.05) is 11.5 Å². The van der Waals surface area contributed by atoms with Crippen LogP contribution >= 0.6 is 11.6 Å². The number of nitrogens with zero attached hydrogens (tertiary/aromatic N) is 3. The molecule has 0 saturated carbocycles. The van der Waals surface area contributed by atoms with Gasteiger partial charge in [-0.25, -0.2) is 4.98 Å². The zero-order valence-corrected chi connectivity index (χ0v) is 10.9. The second kappa shape index (κ2) is 4.40. The van der Waals surface area contributed by atoms with Crippen LogP contribution in [0.15, 0.2) is 24.3 Å². The van der Waals surface area contributed by atoms with Crippen molar-refractivity contribution in [3.05, 3.63) is 34.9 Å². The molecule has 2 aromatic heterocycles. The second-order valence-corrected chi connectivity index (χ2v) is 4.58. The van der Waals surface area contributed by atoms with Crippen molar-refractivity contribution in [2.45, 2.75) is 0 Å². The minimum absolute atomic E-state index is 0.0985. The lowest BCUT2D eigenvalue weighted by molar-refractivity contribution is 1.11. The Kier molecular flexibility index (Phi) is 2.70. The summed E-state index contributed by atoms with van der Waals surface area (Å²) in [6.07, 6.45) is 0. The van der Waals surface area contributed by atoms with Gasteiger partial charge in [0, 0.05) is 16.1 Å². The molecule has 0 spiro atoms. The predicted octanol–water partition coefficient (Wildman–Crippen LogP) is 2.31. The summed E-state index contributed by atoms with van der Waals surface area (Å²) in [6.45, 7) is 0. The lowest BCUT2D eigenvalue weighted by Gasteiger charge is -2.10. The highest BCUT2D eigenvalue weighted by Gasteiger charge is 2.20. The van der Waals surface area contributed by atoms with Gasteiger partial charge in [-0.3, -0.25) is 5.10 Å². The summed E-state index contributed by atoms with van der Waals surface area (Å²) in [5.74, 6) is 0.417. The average Bonchev–Trinajstić information content (AvgIpc) is 2.79. The largest absolute Gasteiger partial charge is 0.383 e. The monoisotopic (exact) mass is 284 g/mol. The van der Waals surface area contributed by atoms with E-state index in [1.165, 1.54) is 0 Å². The first-order valence-corrected chi connectivity index (χ1v) is 6.09. The van der Waals surface area contributed by atoms with Crippen LogP contribution in [-0.4, -0.2) is 15.2 Å². The van der Waals surface area contributed by atoms with Gasteiger partial charge in [0.2, 0.25) is 0 Å². The average molecular weight is 285 g/mol. The number of anilines is 2. The van der Waals surface area contributed by atoms with E-state index in [4.69, 9.17) is 23.1 Å². The molecule has 0 aliphatic heterocycles. The number of rotatable bonds is 1. The number of aromatic amines is 1. The minimum Gasteiger partial charge on any atom is -0.383 e. The van der Waals surface area contributed by atoms with Crippen molar-refractivity contribution >= 4 is 34.3 Å². The Balaban J connectivity index is 2.53. The van der Waals surface area contributed by atoms with Crippen molar-refractivity contribution in [3.63, 3.8) is 0 Å². The Hall–Kier alpha value is -2.78. The fourth-order valence-electron chi connectivity index (χ4n) is 2.14. The van der Waals surface area contributed by atoms with Gasteiger partial charge in [-0.05, 0) is 6.07 Å². The Labute approximate surface area is 119 Å². The Bertz CT molecular complexity index is 861. The molecule has 0 aliphatic rings. The van der Waals surface area contributed by atoms with Crippen LogP contribution in [0, 0.1) is 11.3 Å². The van der Waals surface area contributed by atoms with Gasteiger partial charge in [-0.1, -0.05) is 29.8 Å². The zero-order chi connectivity index (χ0) is 14.3. The van der Waals surface area contributed by atoms with E-state index in [1.54, 1.807) is 18.2 Å². The topological polar surface area (TPSA) is 117 Å². The van der Waals surface area contributed by atoms with Crippen molar-refractivity contribution in [1.82, 2.24) is 15.2 Å². The van der Waals surface area contributed by atoms with E-state index in [9.17, 15) is 5.26 Å². The third kappa shape index (κ3) is 1.65. The summed E-state index contributed by atoms with van der Waals surface area (Å²) in [7, 11) is 0. The van der Waals surface area contributed by atoms with E-state index in [0.717, 1.165) is 0 Å². The number of pyridine rings is 1. The van der Waals surface area contributed by atoms with E-state index in [-0.39, 0.29) is 11.4 Å². The van der Waals surface area contributed by atoms with Crippen molar-refractivity contribution in [3.8, 4) is 17.2 Å². The quantitative estimate of drug-likeness (QED) is 0.634. The molecule has 7 heteroatoms. The van der Waals surface area contributed by atoms with Crippen molar-refractivity contribution in [1.29, 1.82) is 5.26 Å². The van der Waals surface area contributed by atoms with E-state index in [1.807, 2.05) is 6.07 Å². The Morgan fingerprint density at radius 3 is 2.70 bits per heavy atom. The molecule has 0 amide bonds. The highest BCUT2D eigenvalue weighted by Crippen LogP contribution is 2.38. The number of halogens is 1. The zero-order valence-electron chi connectivity index (χ0n) is 10.2. The maximum Gasteiger partial charge on any atom is 0.185 e. The smallest absolute Gasteiger partial charge is 0.185 e. The number of nitrogens with one attached hydrogen (secondary N) is 1. The minimum atomic E-state index is 0.0985. The summed E-state index contributed by atoms with van der Waals surface area (Å²) >= 11 is 6.22. The third-order valence-corrected chi connectivity index (χ3v) is 3.34. The molecule has 0 atom stereocenters. The number of nitrogens with two attached hydrogens (primary N) is 2. The molecule has 1 aromatic carbocycles. The van der Waals surface area contributed by atoms with Crippen LogP contribution < -0.4 is 11.5 Å². The van der Waals surface area contributed by atoms with Crippen LogP contribution in [-0.2, 0) is 0 Å². The SMILES string of the molecule is N#Cc1c(N)nc2n[nH]c(N)c2c1-c1ccccc1Cl. The number of aromatic nitrogens is 3. The molecule has 0 bridgehead atoms.